The fraction of sp³-hybridized carbons (Fsp3) is 0.312. The molecule has 1 aromatic heterocycles. The molecule has 0 saturated heterocycles. The minimum atomic E-state index is 0.144. The second-order valence-electron chi connectivity index (χ2n) is 5.71. The fourth-order valence-corrected chi connectivity index (χ4v) is 4.68. The molecule has 22 heavy (non-hydrogen) atoms. The molecule has 2 aromatic rings. The van der Waals surface area contributed by atoms with E-state index in [0.717, 1.165) is 27.8 Å². The predicted molar refractivity (Wildman–Crippen MR) is 87.9 cm³/mol. The lowest BCUT2D eigenvalue weighted by Crippen LogP contribution is -2.25. The highest BCUT2D eigenvalue weighted by Crippen LogP contribution is 2.43. The van der Waals surface area contributed by atoms with Gasteiger partial charge in [-0.05, 0) is 48.9 Å². The van der Waals surface area contributed by atoms with E-state index >= 15 is 0 Å². The number of carbonyl (C=O) groups excluding carboxylic acids is 1. The molecule has 0 radical (unpaired) electrons. The van der Waals surface area contributed by atoms with E-state index in [1.807, 2.05) is 24.3 Å². The number of amides is 1. The first-order chi connectivity index (χ1) is 10.8. The molecule has 0 spiro atoms. The van der Waals surface area contributed by atoms with E-state index in [4.69, 9.17) is 0 Å². The summed E-state index contributed by atoms with van der Waals surface area (Å²) in [5.41, 5.74) is 2.58. The van der Waals surface area contributed by atoms with Gasteiger partial charge in [-0.2, -0.15) is 0 Å². The van der Waals surface area contributed by atoms with E-state index in [0.29, 0.717) is 11.8 Å². The molecule has 1 fully saturated rings. The Morgan fingerprint density at radius 3 is 2.73 bits per heavy atom. The van der Waals surface area contributed by atoms with Gasteiger partial charge in [0.25, 0.3) is 0 Å². The van der Waals surface area contributed by atoms with Gasteiger partial charge in [0.1, 0.15) is 5.51 Å². The summed E-state index contributed by atoms with van der Waals surface area (Å²) >= 11 is 3.10. The molecule has 3 atom stereocenters. The second-order valence-corrected chi connectivity index (χ2v) is 7.86. The average Bonchev–Trinajstić information content (AvgIpc) is 3.26. The van der Waals surface area contributed by atoms with Crippen LogP contribution in [0.25, 0.3) is 0 Å². The highest BCUT2D eigenvalue weighted by Gasteiger charge is 2.39. The molecule has 1 N–H and O–H groups in total. The van der Waals surface area contributed by atoms with Crippen molar-refractivity contribution in [2.24, 2.45) is 17.8 Å². The van der Waals surface area contributed by atoms with Crippen molar-refractivity contribution in [1.29, 1.82) is 0 Å². The number of aromatic nitrogens is 2. The minimum Gasteiger partial charge on any atom is -0.326 e. The summed E-state index contributed by atoms with van der Waals surface area (Å²) in [5, 5.41) is 10.9. The minimum absolute atomic E-state index is 0.144. The number of nitrogens with one attached hydrogen (secondary N) is 1. The lowest BCUT2D eigenvalue weighted by molar-refractivity contribution is -0.120. The Bertz CT molecular complexity index is 697. The normalized spacial score (nSPS) is 25.5. The van der Waals surface area contributed by atoms with Gasteiger partial charge in [-0.1, -0.05) is 35.3 Å². The van der Waals surface area contributed by atoms with Gasteiger partial charge >= 0.3 is 0 Å². The van der Waals surface area contributed by atoms with Crippen molar-refractivity contribution in [3.63, 3.8) is 0 Å². The second kappa shape index (κ2) is 5.85. The largest absolute Gasteiger partial charge is 0.326 e. The maximum atomic E-state index is 12.4. The SMILES string of the molecule is O=C(Nc1ccc(Sc2nncs2)cc1)[C@@H]1C[C@H]2C=C[C@H]1C2. The van der Waals surface area contributed by atoms with Crippen molar-refractivity contribution in [2.45, 2.75) is 22.1 Å². The van der Waals surface area contributed by atoms with Crippen LogP contribution in [0.2, 0.25) is 0 Å². The molecule has 4 rings (SSSR count). The van der Waals surface area contributed by atoms with Crippen LogP contribution in [0, 0.1) is 17.8 Å². The number of rotatable bonds is 4. The summed E-state index contributed by atoms with van der Waals surface area (Å²) in [6, 6.07) is 7.90. The topological polar surface area (TPSA) is 54.9 Å². The van der Waals surface area contributed by atoms with Gasteiger partial charge in [0.15, 0.2) is 4.34 Å². The van der Waals surface area contributed by atoms with E-state index in [1.54, 1.807) is 17.3 Å². The van der Waals surface area contributed by atoms with Gasteiger partial charge in [-0.25, -0.2) is 0 Å². The first-order valence-corrected chi connectivity index (χ1v) is 9.01. The van der Waals surface area contributed by atoms with Gasteiger partial charge in [0.05, 0.1) is 0 Å². The van der Waals surface area contributed by atoms with Crippen LogP contribution in [0.3, 0.4) is 0 Å². The van der Waals surface area contributed by atoms with Crippen LogP contribution in [0.5, 0.6) is 0 Å². The van der Waals surface area contributed by atoms with Gasteiger partial charge in [0, 0.05) is 16.5 Å². The van der Waals surface area contributed by atoms with Gasteiger partial charge < -0.3 is 5.32 Å². The number of benzene rings is 1. The smallest absolute Gasteiger partial charge is 0.228 e. The highest BCUT2D eigenvalue weighted by molar-refractivity contribution is 8.01. The Labute approximate surface area is 137 Å². The fourth-order valence-electron chi connectivity index (χ4n) is 3.23. The number of fused-ring (bicyclic) bond motifs is 2. The zero-order valence-corrected chi connectivity index (χ0v) is 13.4. The number of anilines is 1. The summed E-state index contributed by atoms with van der Waals surface area (Å²) in [7, 11) is 0. The third-order valence-corrected chi connectivity index (χ3v) is 6.07. The number of carbonyl (C=O) groups is 1. The molecule has 0 aliphatic heterocycles. The number of hydrogen-bond acceptors (Lipinski definition) is 5. The van der Waals surface area contributed by atoms with Crippen LogP contribution in [0.4, 0.5) is 5.69 Å². The van der Waals surface area contributed by atoms with E-state index in [2.05, 4.69) is 27.7 Å². The van der Waals surface area contributed by atoms with Crippen molar-refractivity contribution in [2.75, 3.05) is 5.32 Å². The van der Waals surface area contributed by atoms with Crippen molar-refractivity contribution < 1.29 is 4.79 Å². The molecular formula is C16H15N3OS2. The maximum Gasteiger partial charge on any atom is 0.228 e. The molecule has 6 heteroatoms. The molecule has 4 nitrogen and oxygen atoms in total. The van der Waals surface area contributed by atoms with Crippen molar-refractivity contribution in [3.05, 3.63) is 41.9 Å². The number of allylic oxidation sites excluding steroid dienone is 2. The Balaban J connectivity index is 1.39. The molecule has 1 heterocycles. The monoisotopic (exact) mass is 329 g/mol. The molecule has 112 valence electrons. The third-order valence-electron chi connectivity index (χ3n) is 4.28. The quantitative estimate of drug-likeness (QED) is 0.866. The zero-order chi connectivity index (χ0) is 14.9. The van der Waals surface area contributed by atoms with Crippen LogP contribution < -0.4 is 5.32 Å². The molecular weight excluding hydrogens is 314 g/mol. The highest BCUT2D eigenvalue weighted by atomic mass is 32.2. The first kappa shape index (κ1) is 14.0. The van der Waals surface area contributed by atoms with Crippen LogP contribution in [0.1, 0.15) is 12.8 Å². The Kier molecular flexibility index (Phi) is 3.72. The van der Waals surface area contributed by atoms with Crippen LogP contribution in [-0.4, -0.2) is 16.1 Å². The molecule has 2 aliphatic rings. The lowest BCUT2D eigenvalue weighted by Gasteiger charge is -2.17. The maximum absolute atomic E-state index is 12.4. The van der Waals surface area contributed by atoms with E-state index < -0.39 is 0 Å². The summed E-state index contributed by atoms with van der Waals surface area (Å²) in [6.45, 7) is 0. The lowest BCUT2D eigenvalue weighted by atomic mass is 9.93. The van der Waals surface area contributed by atoms with E-state index in [1.165, 1.54) is 11.3 Å². The van der Waals surface area contributed by atoms with Crippen molar-refractivity contribution in [3.8, 4) is 0 Å². The molecule has 1 aromatic carbocycles. The Morgan fingerprint density at radius 2 is 2.09 bits per heavy atom. The van der Waals surface area contributed by atoms with Gasteiger partial charge in [-0.15, -0.1) is 10.2 Å². The first-order valence-electron chi connectivity index (χ1n) is 7.31. The summed E-state index contributed by atoms with van der Waals surface area (Å²) in [5.74, 6) is 1.36. The summed E-state index contributed by atoms with van der Waals surface area (Å²) in [6.07, 6.45) is 6.61. The summed E-state index contributed by atoms with van der Waals surface area (Å²) in [4.78, 5) is 13.5. The number of nitrogens with zero attached hydrogens (tertiary/aromatic N) is 2. The zero-order valence-electron chi connectivity index (χ0n) is 11.8. The van der Waals surface area contributed by atoms with E-state index in [-0.39, 0.29) is 11.8 Å². The third kappa shape index (κ3) is 2.80. The van der Waals surface area contributed by atoms with Crippen molar-refractivity contribution in [1.82, 2.24) is 10.2 Å². The van der Waals surface area contributed by atoms with E-state index in [9.17, 15) is 4.79 Å². The van der Waals surface area contributed by atoms with Crippen LogP contribution in [-0.2, 0) is 4.79 Å². The Morgan fingerprint density at radius 1 is 1.23 bits per heavy atom. The molecule has 1 saturated carbocycles. The molecule has 0 unspecified atom stereocenters. The van der Waals surface area contributed by atoms with Crippen LogP contribution in [0.15, 0.2) is 51.2 Å². The van der Waals surface area contributed by atoms with Gasteiger partial charge in [0.2, 0.25) is 5.91 Å². The van der Waals surface area contributed by atoms with Crippen LogP contribution >= 0.6 is 23.1 Å². The molecule has 2 bridgehead atoms. The van der Waals surface area contributed by atoms with Crippen molar-refractivity contribution >= 4 is 34.7 Å². The molecule has 1 amide bonds. The standard InChI is InChI=1S/C16H15N3OS2/c20-15(14-8-10-1-2-11(14)7-10)18-12-3-5-13(6-4-12)22-16-19-17-9-21-16/h1-6,9-11,14H,7-8H2,(H,18,20)/t10-,11-,14+/m0/s1. The molecule has 2 aliphatic carbocycles. The summed E-state index contributed by atoms with van der Waals surface area (Å²) < 4.78 is 0.922. The average molecular weight is 329 g/mol. The number of hydrogen-bond donors (Lipinski definition) is 1. The Hall–Kier alpha value is -1.66. The van der Waals surface area contributed by atoms with Gasteiger partial charge in [-0.3, -0.25) is 4.79 Å². The predicted octanol–water partition coefficient (Wildman–Crippen LogP) is 3.84.